The normalized spacial score (nSPS) is 10.5. The van der Waals surface area contributed by atoms with Gasteiger partial charge in [-0.3, -0.25) is 9.59 Å². The highest BCUT2D eigenvalue weighted by molar-refractivity contribution is 6.04. The van der Waals surface area contributed by atoms with Crippen molar-refractivity contribution in [2.75, 3.05) is 19.0 Å². The van der Waals surface area contributed by atoms with Crippen LogP contribution in [0.3, 0.4) is 0 Å². The molecule has 1 heterocycles. The number of nitrogens with one attached hydrogen (secondary N) is 2. The number of hydrogen-bond donors (Lipinski definition) is 2. The maximum Gasteiger partial charge on any atom is 0.258 e. The molecule has 2 aromatic carbocycles. The summed E-state index contributed by atoms with van der Waals surface area (Å²) < 4.78 is 29.3. The SMILES string of the molecule is COc1cc(C(=O)Nc2ccc(Oc3ccc(F)cc3)nc2)ccc1OCC(=O)NC(C)C. The van der Waals surface area contributed by atoms with E-state index < -0.39 is 0 Å². The molecule has 0 fully saturated rings. The predicted octanol–water partition coefficient (Wildman–Crippen LogP) is 4.18. The van der Waals surface area contributed by atoms with Gasteiger partial charge in [-0.25, -0.2) is 9.37 Å². The van der Waals surface area contributed by atoms with Crippen molar-refractivity contribution in [2.24, 2.45) is 0 Å². The molecule has 0 aliphatic carbocycles. The maximum atomic E-state index is 13.0. The number of benzene rings is 2. The van der Waals surface area contributed by atoms with Gasteiger partial charge in [-0.05, 0) is 62.4 Å². The molecule has 172 valence electrons. The number of ether oxygens (including phenoxy) is 3. The van der Waals surface area contributed by atoms with E-state index in [-0.39, 0.29) is 30.3 Å². The van der Waals surface area contributed by atoms with Gasteiger partial charge in [-0.1, -0.05) is 0 Å². The molecule has 0 saturated carbocycles. The Morgan fingerprint density at radius 2 is 1.79 bits per heavy atom. The number of aromatic nitrogens is 1. The first kappa shape index (κ1) is 23.5. The number of amides is 2. The number of anilines is 1. The number of hydrogen-bond acceptors (Lipinski definition) is 6. The fourth-order valence-electron chi connectivity index (χ4n) is 2.78. The van der Waals surface area contributed by atoms with Crippen LogP contribution in [0.2, 0.25) is 0 Å². The molecule has 0 aliphatic heterocycles. The summed E-state index contributed by atoms with van der Waals surface area (Å²) in [4.78, 5) is 28.5. The summed E-state index contributed by atoms with van der Waals surface area (Å²) in [6.07, 6.45) is 1.44. The van der Waals surface area contributed by atoms with Crippen molar-refractivity contribution >= 4 is 17.5 Å². The van der Waals surface area contributed by atoms with E-state index >= 15 is 0 Å². The second kappa shape index (κ2) is 10.9. The zero-order valence-electron chi connectivity index (χ0n) is 18.4. The number of halogens is 1. The topological polar surface area (TPSA) is 98.8 Å². The molecule has 33 heavy (non-hydrogen) atoms. The maximum absolute atomic E-state index is 13.0. The second-order valence-corrected chi connectivity index (χ2v) is 7.27. The van der Waals surface area contributed by atoms with Crippen LogP contribution < -0.4 is 24.8 Å². The first-order chi connectivity index (χ1) is 15.8. The number of pyridine rings is 1. The molecule has 0 aliphatic rings. The van der Waals surface area contributed by atoms with E-state index in [4.69, 9.17) is 14.2 Å². The average molecular weight is 453 g/mol. The van der Waals surface area contributed by atoms with E-state index in [1.807, 2.05) is 13.8 Å². The number of rotatable bonds is 9. The fraction of sp³-hybridized carbons (Fsp3) is 0.208. The van der Waals surface area contributed by atoms with Crippen molar-refractivity contribution in [3.8, 4) is 23.1 Å². The van der Waals surface area contributed by atoms with Crippen molar-refractivity contribution in [3.63, 3.8) is 0 Å². The Bertz CT molecular complexity index is 1100. The third-order valence-corrected chi connectivity index (χ3v) is 4.26. The van der Waals surface area contributed by atoms with E-state index in [9.17, 15) is 14.0 Å². The van der Waals surface area contributed by atoms with E-state index in [0.29, 0.717) is 34.4 Å². The van der Waals surface area contributed by atoms with E-state index in [1.54, 1.807) is 24.3 Å². The van der Waals surface area contributed by atoms with Crippen LogP contribution >= 0.6 is 0 Å². The number of carbonyl (C=O) groups is 2. The van der Waals surface area contributed by atoms with Crippen LogP contribution in [0.1, 0.15) is 24.2 Å². The molecule has 0 bridgehead atoms. The van der Waals surface area contributed by atoms with Crippen LogP contribution in [-0.4, -0.2) is 36.6 Å². The highest BCUT2D eigenvalue weighted by atomic mass is 19.1. The summed E-state index contributed by atoms with van der Waals surface area (Å²) in [5.41, 5.74) is 0.786. The third kappa shape index (κ3) is 6.93. The van der Waals surface area contributed by atoms with E-state index in [1.165, 1.54) is 43.6 Å². The van der Waals surface area contributed by atoms with Crippen molar-refractivity contribution in [1.82, 2.24) is 10.3 Å². The van der Waals surface area contributed by atoms with E-state index in [2.05, 4.69) is 15.6 Å². The third-order valence-electron chi connectivity index (χ3n) is 4.26. The minimum Gasteiger partial charge on any atom is -0.493 e. The van der Waals surface area contributed by atoms with Crippen LogP contribution in [-0.2, 0) is 4.79 Å². The molecule has 1 aromatic heterocycles. The van der Waals surface area contributed by atoms with Gasteiger partial charge in [0.2, 0.25) is 5.88 Å². The number of nitrogens with zero attached hydrogens (tertiary/aromatic N) is 1. The van der Waals surface area contributed by atoms with Crippen LogP contribution in [0.15, 0.2) is 60.8 Å². The molecule has 3 rings (SSSR count). The summed E-state index contributed by atoms with van der Waals surface area (Å²) in [6.45, 7) is 3.54. The second-order valence-electron chi connectivity index (χ2n) is 7.27. The Hall–Kier alpha value is -4.14. The van der Waals surface area contributed by atoms with Gasteiger partial charge in [0.15, 0.2) is 18.1 Å². The Morgan fingerprint density at radius 1 is 1.03 bits per heavy atom. The lowest BCUT2D eigenvalue weighted by molar-refractivity contribution is -0.123. The minimum absolute atomic E-state index is 0.00657. The molecular weight excluding hydrogens is 429 g/mol. The molecule has 0 saturated heterocycles. The highest BCUT2D eigenvalue weighted by Gasteiger charge is 2.13. The van der Waals surface area contributed by atoms with Gasteiger partial charge < -0.3 is 24.8 Å². The molecule has 2 N–H and O–H groups in total. The lowest BCUT2D eigenvalue weighted by atomic mass is 10.2. The van der Waals surface area contributed by atoms with Crippen molar-refractivity contribution < 1.29 is 28.2 Å². The zero-order valence-corrected chi connectivity index (χ0v) is 18.4. The summed E-state index contributed by atoms with van der Waals surface area (Å²) in [5, 5.41) is 5.46. The predicted molar refractivity (Wildman–Crippen MR) is 120 cm³/mol. The van der Waals surface area contributed by atoms with Gasteiger partial charge in [0, 0.05) is 17.7 Å². The number of methoxy groups -OCH3 is 1. The monoisotopic (exact) mass is 453 g/mol. The molecule has 0 radical (unpaired) electrons. The molecule has 0 atom stereocenters. The van der Waals surface area contributed by atoms with Crippen LogP contribution in [0.4, 0.5) is 10.1 Å². The zero-order chi connectivity index (χ0) is 23.8. The summed E-state index contributed by atoms with van der Waals surface area (Å²) >= 11 is 0. The van der Waals surface area contributed by atoms with E-state index in [0.717, 1.165) is 0 Å². The fourth-order valence-corrected chi connectivity index (χ4v) is 2.78. The molecule has 0 unspecified atom stereocenters. The lowest BCUT2D eigenvalue weighted by Gasteiger charge is -2.13. The minimum atomic E-state index is -0.383. The Balaban J connectivity index is 1.61. The Labute approximate surface area is 190 Å². The van der Waals surface area contributed by atoms with Crippen LogP contribution in [0.5, 0.6) is 23.1 Å². The molecule has 8 nitrogen and oxygen atoms in total. The summed E-state index contributed by atoms with van der Waals surface area (Å²) in [6, 6.07) is 13.4. The quantitative estimate of drug-likeness (QED) is 0.504. The van der Waals surface area contributed by atoms with Gasteiger partial charge in [-0.15, -0.1) is 0 Å². The van der Waals surface area contributed by atoms with Crippen molar-refractivity contribution in [2.45, 2.75) is 19.9 Å². The first-order valence-electron chi connectivity index (χ1n) is 10.1. The standard InChI is InChI=1S/C24H24FN3O5/c1-15(2)27-22(29)14-32-20-10-4-16(12-21(20)31-3)24(30)28-18-7-11-23(26-13-18)33-19-8-5-17(25)6-9-19/h4-13,15H,14H2,1-3H3,(H,27,29)(H,28,30). The molecule has 2 amide bonds. The van der Waals surface area contributed by atoms with Crippen LogP contribution in [0.25, 0.3) is 0 Å². The molecule has 0 spiro atoms. The molecule has 9 heteroatoms. The average Bonchev–Trinajstić information content (AvgIpc) is 2.80. The largest absolute Gasteiger partial charge is 0.493 e. The first-order valence-corrected chi connectivity index (χ1v) is 10.1. The van der Waals surface area contributed by atoms with Crippen LogP contribution in [0, 0.1) is 5.82 Å². The van der Waals surface area contributed by atoms with Gasteiger partial charge in [0.1, 0.15) is 11.6 Å². The Morgan fingerprint density at radius 3 is 2.42 bits per heavy atom. The summed E-state index contributed by atoms with van der Waals surface area (Å²) in [7, 11) is 1.45. The highest BCUT2D eigenvalue weighted by Crippen LogP contribution is 2.28. The smallest absolute Gasteiger partial charge is 0.258 e. The van der Waals surface area contributed by atoms with Crippen molar-refractivity contribution in [3.05, 3.63) is 72.2 Å². The van der Waals surface area contributed by atoms with Crippen molar-refractivity contribution in [1.29, 1.82) is 0 Å². The van der Waals surface area contributed by atoms with Gasteiger partial charge in [-0.2, -0.15) is 0 Å². The molecule has 3 aromatic rings. The van der Waals surface area contributed by atoms with Gasteiger partial charge in [0.05, 0.1) is 19.0 Å². The molecular formula is C24H24FN3O5. The number of carbonyl (C=O) groups excluding carboxylic acids is 2. The summed E-state index contributed by atoms with van der Waals surface area (Å²) in [5.74, 6) is 0.403. The van der Waals surface area contributed by atoms with Gasteiger partial charge in [0.25, 0.3) is 11.8 Å². The Kier molecular flexibility index (Phi) is 7.80. The lowest BCUT2D eigenvalue weighted by Crippen LogP contribution is -2.34. The van der Waals surface area contributed by atoms with Gasteiger partial charge >= 0.3 is 0 Å².